The molecule has 34 heavy (non-hydrogen) atoms. The maximum atomic E-state index is 12.5. The molecule has 0 unspecified atom stereocenters. The Morgan fingerprint density at radius 1 is 0.941 bits per heavy atom. The van der Waals surface area contributed by atoms with E-state index in [1.54, 1.807) is 38.9 Å². The first kappa shape index (κ1) is 22.8. The summed E-state index contributed by atoms with van der Waals surface area (Å²) in [6.07, 6.45) is 3.61. The summed E-state index contributed by atoms with van der Waals surface area (Å²) in [5.74, 6) is 1.04. The van der Waals surface area contributed by atoms with E-state index in [0.717, 1.165) is 28.1 Å². The van der Waals surface area contributed by atoms with Gasteiger partial charge in [-0.15, -0.1) is 0 Å². The number of nitrogens with zero attached hydrogens (tertiary/aromatic N) is 3. The highest BCUT2D eigenvalue weighted by Crippen LogP contribution is 2.31. The minimum Gasteiger partial charge on any atom is -0.493 e. The standard InChI is InChI=1S/C27H26N4O3/c1-33-23-14-13-20(17-24(23)34-2)18-29-30-25(32)15-16-31-19-28-26(21-9-5-3-6-10-21)27(31)22-11-7-4-8-12-22/h3-14,17-19H,15-16H2,1-2H3,(H,30,32)/b29-18-. The van der Waals surface area contributed by atoms with Gasteiger partial charge in [0.25, 0.3) is 0 Å². The van der Waals surface area contributed by atoms with Crippen molar-refractivity contribution in [2.45, 2.75) is 13.0 Å². The van der Waals surface area contributed by atoms with Crippen LogP contribution in [0.15, 0.2) is 90.3 Å². The summed E-state index contributed by atoms with van der Waals surface area (Å²) < 4.78 is 12.5. The molecule has 0 fully saturated rings. The third-order valence-corrected chi connectivity index (χ3v) is 5.32. The van der Waals surface area contributed by atoms with E-state index >= 15 is 0 Å². The number of nitrogens with one attached hydrogen (secondary N) is 1. The Hall–Kier alpha value is -4.39. The smallest absolute Gasteiger partial charge is 0.241 e. The zero-order chi connectivity index (χ0) is 23.8. The first-order chi connectivity index (χ1) is 16.7. The molecule has 0 aliphatic heterocycles. The molecule has 4 aromatic rings. The number of methoxy groups -OCH3 is 2. The highest BCUT2D eigenvalue weighted by molar-refractivity contribution is 5.83. The Bertz CT molecular complexity index is 1270. The van der Waals surface area contributed by atoms with Crippen molar-refractivity contribution in [3.05, 3.63) is 90.8 Å². The minimum atomic E-state index is -0.189. The molecule has 0 saturated carbocycles. The summed E-state index contributed by atoms with van der Waals surface area (Å²) >= 11 is 0. The van der Waals surface area contributed by atoms with Gasteiger partial charge in [0.05, 0.1) is 38.1 Å². The highest BCUT2D eigenvalue weighted by Gasteiger charge is 2.15. The molecule has 172 valence electrons. The molecular weight excluding hydrogens is 428 g/mol. The number of hydrogen-bond acceptors (Lipinski definition) is 5. The number of amides is 1. The fourth-order valence-electron chi connectivity index (χ4n) is 3.65. The first-order valence-corrected chi connectivity index (χ1v) is 10.9. The zero-order valence-electron chi connectivity index (χ0n) is 19.1. The average Bonchev–Trinajstić information content (AvgIpc) is 3.32. The molecule has 1 aromatic heterocycles. The Kier molecular flexibility index (Phi) is 7.35. The van der Waals surface area contributed by atoms with E-state index in [1.165, 1.54) is 0 Å². The lowest BCUT2D eigenvalue weighted by Gasteiger charge is -2.10. The van der Waals surface area contributed by atoms with Crippen LogP contribution in [0.3, 0.4) is 0 Å². The second kappa shape index (κ2) is 11.0. The van der Waals surface area contributed by atoms with Crippen molar-refractivity contribution in [2.75, 3.05) is 14.2 Å². The Morgan fingerprint density at radius 2 is 1.62 bits per heavy atom. The van der Waals surface area contributed by atoms with Crippen LogP contribution in [0.4, 0.5) is 0 Å². The molecular formula is C27H26N4O3. The Morgan fingerprint density at radius 3 is 2.29 bits per heavy atom. The van der Waals surface area contributed by atoms with E-state index in [4.69, 9.17) is 9.47 Å². The fraction of sp³-hybridized carbons (Fsp3) is 0.148. The van der Waals surface area contributed by atoms with Crippen LogP contribution >= 0.6 is 0 Å². The van der Waals surface area contributed by atoms with Crippen molar-refractivity contribution in [3.8, 4) is 34.0 Å². The van der Waals surface area contributed by atoms with Crippen molar-refractivity contribution >= 4 is 12.1 Å². The molecule has 0 atom stereocenters. The van der Waals surface area contributed by atoms with Crippen LogP contribution in [0, 0.1) is 0 Å². The molecule has 3 aromatic carbocycles. The van der Waals surface area contributed by atoms with Crippen LogP contribution in [-0.4, -0.2) is 35.9 Å². The second-order valence-electron chi connectivity index (χ2n) is 7.52. The molecule has 0 aliphatic carbocycles. The number of carbonyl (C=O) groups is 1. The van der Waals surface area contributed by atoms with Crippen LogP contribution in [0.1, 0.15) is 12.0 Å². The molecule has 0 radical (unpaired) electrons. The molecule has 4 rings (SSSR count). The van der Waals surface area contributed by atoms with Gasteiger partial charge in [0, 0.05) is 24.1 Å². The number of carbonyl (C=O) groups excluding carboxylic acids is 1. The maximum Gasteiger partial charge on any atom is 0.241 e. The average molecular weight is 455 g/mol. The van der Waals surface area contributed by atoms with Crippen molar-refractivity contribution in [1.82, 2.24) is 15.0 Å². The lowest BCUT2D eigenvalue weighted by molar-refractivity contribution is -0.121. The highest BCUT2D eigenvalue weighted by atomic mass is 16.5. The minimum absolute atomic E-state index is 0.189. The second-order valence-corrected chi connectivity index (χ2v) is 7.52. The quantitative estimate of drug-likeness (QED) is 0.292. The number of benzene rings is 3. The van der Waals surface area contributed by atoms with E-state index in [1.807, 2.05) is 71.3 Å². The Balaban J connectivity index is 1.45. The zero-order valence-corrected chi connectivity index (χ0v) is 19.1. The van der Waals surface area contributed by atoms with E-state index in [2.05, 4.69) is 15.5 Å². The molecule has 0 saturated heterocycles. The largest absolute Gasteiger partial charge is 0.493 e. The summed E-state index contributed by atoms with van der Waals surface area (Å²) in [4.78, 5) is 17.1. The number of aromatic nitrogens is 2. The van der Waals surface area contributed by atoms with Crippen LogP contribution in [0.2, 0.25) is 0 Å². The van der Waals surface area contributed by atoms with Gasteiger partial charge >= 0.3 is 0 Å². The van der Waals surface area contributed by atoms with Gasteiger partial charge in [-0.05, 0) is 23.8 Å². The molecule has 0 spiro atoms. The van der Waals surface area contributed by atoms with Crippen LogP contribution in [0.5, 0.6) is 11.5 Å². The lowest BCUT2D eigenvalue weighted by Crippen LogP contribution is -2.19. The van der Waals surface area contributed by atoms with Gasteiger partial charge in [-0.25, -0.2) is 10.4 Å². The predicted molar refractivity (Wildman–Crippen MR) is 133 cm³/mol. The summed E-state index contributed by atoms with van der Waals surface area (Å²) in [6, 6.07) is 25.5. The van der Waals surface area contributed by atoms with Gasteiger partial charge in [0.2, 0.25) is 5.91 Å². The monoisotopic (exact) mass is 454 g/mol. The number of imidazole rings is 1. The van der Waals surface area contributed by atoms with Gasteiger partial charge in [0.1, 0.15) is 0 Å². The molecule has 7 nitrogen and oxygen atoms in total. The van der Waals surface area contributed by atoms with E-state index in [9.17, 15) is 4.79 Å². The molecule has 7 heteroatoms. The molecule has 0 aliphatic rings. The molecule has 0 bridgehead atoms. The number of ether oxygens (including phenoxy) is 2. The Labute approximate surface area is 198 Å². The SMILES string of the molecule is COc1ccc(/C=N\NC(=O)CCn2cnc(-c3ccccc3)c2-c2ccccc2)cc1OC. The summed E-state index contributed by atoms with van der Waals surface area (Å²) in [5.41, 5.74) is 7.32. The van der Waals surface area contributed by atoms with Crippen molar-refractivity contribution in [2.24, 2.45) is 5.10 Å². The summed E-state index contributed by atoms with van der Waals surface area (Å²) in [7, 11) is 3.15. The third kappa shape index (κ3) is 5.32. The van der Waals surface area contributed by atoms with Gasteiger partial charge in [-0.3, -0.25) is 4.79 Å². The van der Waals surface area contributed by atoms with Gasteiger partial charge in [-0.1, -0.05) is 60.7 Å². The van der Waals surface area contributed by atoms with Crippen LogP contribution < -0.4 is 14.9 Å². The van der Waals surface area contributed by atoms with Gasteiger partial charge in [-0.2, -0.15) is 5.10 Å². The number of hydrogen-bond donors (Lipinski definition) is 1. The third-order valence-electron chi connectivity index (χ3n) is 5.32. The number of rotatable bonds is 9. The van der Waals surface area contributed by atoms with Crippen molar-refractivity contribution < 1.29 is 14.3 Å². The molecule has 1 amide bonds. The number of aryl methyl sites for hydroxylation is 1. The van der Waals surface area contributed by atoms with Gasteiger partial charge < -0.3 is 14.0 Å². The maximum absolute atomic E-state index is 12.5. The summed E-state index contributed by atoms with van der Waals surface area (Å²) in [6.45, 7) is 0.474. The molecule has 1 N–H and O–H groups in total. The van der Waals surface area contributed by atoms with Gasteiger partial charge in [0.15, 0.2) is 11.5 Å². The summed E-state index contributed by atoms with van der Waals surface area (Å²) in [5, 5.41) is 4.07. The van der Waals surface area contributed by atoms with Crippen LogP contribution in [0.25, 0.3) is 22.5 Å². The fourth-order valence-corrected chi connectivity index (χ4v) is 3.65. The van der Waals surface area contributed by atoms with Crippen molar-refractivity contribution in [3.63, 3.8) is 0 Å². The van der Waals surface area contributed by atoms with E-state index < -0.39 is 0 Å². The van der Waals surface area contributed by atoms with E-state index in [0.29, 0.717) is 18.0 Å². The number of hydrazone groups is 1. The van der Waals surface area contributed by atoms with Crippen molar-refractivity contribution in [1.29, 1.82) is 0 Å². The topological polar surface area (TPSA) is 77.7 Å². The van der Waals surface area contributed by atoms with E-state index in [-0.39, 0.29) is 12.3 Å². The lowest BCUT2D eigenvalue weighted by atomic mass is 10.0. The first-order valence-electron chi connectivity index (χ1n) is 10.9. The van der Waals surface area contributed by atoms with Crippen LogP contribution in [-0.2, 0) is 11.3 Å². The normalized spacial score (nSPS) is 10.9. The molecule has 1 heterocycles. The predicted octanol–water partition coefficient (Wildman–Crippen LogP) is 4.77.